The van der Waals surface area contributed by atoms with E-state index >= 15 is 0 Å². The first kappa shape index (κ1) is 15.2. The maximum Gasteiger partial charge on any atom is 0.306 e. The zero-order valence-electron chi connectivity index (χ0n) is 10.8. The Bertz CT molecular complexity index is 666. The van der Waals surface area contributed by atoms with Crippen molar-refractivity contribution in [1.29, 1.82) is 0 Å². The molecule has 0 aliphatic carbocycles. The van der Waals surface area contributed by atoms with Crippen LogP contribution in [0.3, 0.4) is 0 Å². The molecule has 20 heavy (non-hydrogen) atoms. The Morgan fingerprint density at radius 2 is 1.70 bits per heavy atom. The molecule has 0 bridgehead atoms. The monoisotopic (exact) mass is 327 g/mol. The van der Waals surface area contributed by atoms with Crippen molar-refractivity contribution in [2.24, 2.45) is 0 Å². The Labute approximate surface area is 131 Å². The zero-order valence-corrected chi connectivity index (χ0v) is 13.1. The van der Waals surface area contributed by atoms with Crippen molar-refractivity contribution in [2.45, 2.75) is 23.6 Å². The van der Waals surface area contributed by atoms with Crippen molar-refractivity contribution in [3.05, 3.63) is 61.6 Å². The van der Waals surface area contributed by atoms with E-state index in [1.165, 1.54) is 17.3 Å². The molecule has 0 aliphatic heterocycles. The molecular formula is C14H11Cl2NO2S. The highest BCUT2D eigenvalue weighted by molar-refractivity contribution is 7.99. The summed E-state index contributed by atoms with van der Waals surface area (Å²) in [5.74, 6) is 0. The van der Waals surface area contributed by atoms with Crippen LogP contribution in [0.15, 0.2) is 40.1 Å². The van der Waals surface area contributed by atoms with E-state index in [1.54, 1.807) is 12.1 Å². The first-order chi connectivity index (χ1) is 9.38. The lowest BCUT2D eigenvalue weighted by molar-refractivity contribution is -0.384. The van der Waals surface area contributed by atoms with Crippen LogP contribution in [0.1, 0.15) is 11.1 Å². The summed E-state index contributed by atoms with van der Waals surface area (Å²) in [7, 11) is 0. The van der Waals surface area contributed by atoms with Gasteiger partial charge in [0.2, 0.25) is 0 Å². The van der Waals surface area contributed by atoms with Crippen molar-refractivity contribution >= 4 is 40.7 Å². The minimum Gasteiger partial charge on any atom is -0.258 e. The molecule has 3 nitrogen and oxygen atoms in total. The van der Waals surface area contributed by atoms with E-state index in [-0.39, 0.29) is 15.7 Å². The van der Waals surface area contributed by atoms with Gasteiger partial charge in [-0.05, 0) is 37.6 Å². The van der Waals surface area contributed by atoms with Gasteiger partial charge in [0.25, 0.3) is 0 Å². The average molecular weight is 328 g/mol. The first-order valence-electron chi connectivity index (χ1n) is 5.77. The molecule has 0 saturated heterocycles. The van der Waals surface area contributed by atoms with E-state index in [1.807, 2.05) is 26.0 Å². The molecule has 0 saturated carbocycles. The first-order valence-corrected chi connectivity index (χ1v) is 7.34. The molecule has 6 heteroatoms. The predicted molar refractivity (Wildman–Crippen MR) is 83.2 cm³/mol. The van der Waals surface area contributed by atoms with E-state index < -0.39 is 4.92 Å². The van der Waals surface area contributed by atoms with Gasteiger partial charge >= 0.3 is 5.69 Å². The topological polar surface area (TPSA) is 43.1 Å². The minimum absolute atomic E-state index is 0.0507. The van der Waals surface area contributed by atoms with E-state index in [2.05, 4.69) is 6.07 Å². The van der Waals surface area contributed by atoms with E-state index in [0.717, 1.165) is 15.4 Å². The summed E-state index contributed by atoms with van der Waals surface area (Å²) in [6.07, 6.45) is 0. The van der Waals surface area contributed by atoms with Gasteiger partial charge in [-0.3, -0.25) is 10.1 Å². The molecule has 0 amide bonds. The Kier molecular flexibility index (Phi) is 4.58. The molecule has 0 unspecified atom stereocenters. The quantitative estimate of drug-likeness (QED) is 0.538. The van der Waals surface area contributed by atoms with Crippen molar-refractivity contribution < 1.29 is 4.92 Å². The number of nitro benzene ring substituents is 1. The minimum atomic E-state index is -0.573. The number of hydrogen-bond donors (Lipinski definition) is 0. The highest BCUT2D eigenvalue weighted by atomic mass is 35.5. The van der Waals surface area contributed by atoms with Crippen LogP contribution >= 0.6 is 35.0 Å². The van der Waals surface area contributed by atoms with Crippen LogP contribution in [0.4, 0.5) is 5.69 Å². The Balaban J connectivity index is 2.37. The van der Waals surface area contributed by atoms with Crippen LogP contribution in [0, 0.1) is 24.0 Å². The highest BCUT2D eigenvalue weighted by Gasteiger charge is 2.19. The maximum absolute atomic E-state index is 10.8. The van der Waals surface area contributed by atoms with Crippen LogP contribution < -0.4 is 0 Å². The summed E-state index contributed by atoms with van der Waals surface area (Å²) in [6.45, 7) is 4.05. The number of hydrogen-bond acceptors (Lipinski definition) is 3. The van der Waals surface area contributed by atoms with E-state index in [4.69, 9.17) is 23.2 Å². The third kappa shape index (κ3) is 3.26. The summed E-state index contributed by atoms with van der Waals surface area (Å²) in [6, 6.07) is 9.24. The number of rotatable bonds is 3. The highest BCUT2D eigenvalue weighted by Crippen LogP contribution is 2.39. The van der Waals surface area contributed by atoms with Crippen LogP contribution in [0.5, 0.6) is 0 Å². The summed E-state index contributed by atoms with van der Waals surface area (Å²) in [4.78, 5) is 12.1. The van der Waals surface area contributed by atoms with Crippen LogP contribution in [-0.4, -0.2) is 4.92 Å². The molecule has 0 aromatic heterocycles. The Morgan fingerprint density at radius 3 is 2.20 bits per heavy atom. The van der Waals surface area contributed by atoms with E-state index in [9.17, 15) is 10.1 Å². The normalized spacial score (nSPS) is 10.6. The lowest BCUT2D eigenvalue weighted by Crippen LogP contribution is -1.91. The molecule has 2 aromatic carbocycles. The number of nitro groups is 1. The summed E-state index contributed by atoms with van der Waals surface area (Å²) < 4.78 is 0. The van der Waals surface area contributed by atoms with Gasteiger partial charge in [0.15, 0.2) is 0 Å². The smallest absolute Gasteiger partial charge is 0.258 e. The molecule has 0 spiro atoms. The summed E-state index contributed by atoms with van der Waals surface area (Å²) >= 11 is 13.3. The molecule has 0 aliphatic rings. The van der Waals surface area contributed by atoms with Crippen LogP contribution in [-0.2, 0) is 0 Å². The molecule has 0 fully saturated rings. The van der Waals surface area contributed by atoms with Gasteiger partial charge in [-0.2, -0.15) is 0 Å². The lowest BCUT2D eigenvalue weighted by Gasteiger charge is -2.08. The molecular weight excluding hydrogens is 317 g/mol. The van der Waals surface area contributed by atoms with Gasteiger partial charge in [-0.15, -0.1) is 0 Å². The second kappa shape index (κ2) is 6.04. The predicted octanol–water partition coefficient (Wildman–Crippen LogP) is 5.67. The third-order valence-electron chi connectivity index (χ3n) is 2.73. The van der Waals surface area contributed by atoms with Crippen molar-refractivity contribution in [3.8, 4) is 0 Å². The van der Waals surface area contributed by atoms with Crippen molar-refractivity contribution in [2.75, 3.05) is 0 Å². The second-order valence-electron chi connectivity index (χ2n) is 4.36. The summed E-state index contributed by atoms with van der Waals surface area (Å²) in [5.41, 5.74) is 2.07. The van der Waals surface area contributed by atoms with Gasteiger partial charge in [0, 0.05) is 9.79 Å². The SMILES string of the molecule is Cc1ccc(Sc2cc(Cl)c([N+](=O)[O-])c(Cl)c2)c(C)c1. The van der Waals surface area contributed by atoms with Gasteiger partial charge < -0.3 is 0 Å². The number of aryl methyl sites for hydroxylation is 2. The van der Waals surface area contributed by atoms with Crippen molar-refractivity contribution in [1.82, 2.24) is 0 Å². The molecule has 0 radical (unpaired) electrons. The van der Waals surface area contributed by atoms with Gasteiger partial charge in [-0.1, -0.05) is 52.7 Å². The van der Waals surface area contributed by atoms with Crippen LogP contribution in [0.25, 0.3) is 0 Å². The standard InChI is InChI=1S/C14H11Cl2NO2S/c1-8-3-4-13(9(2)5-8)20-10-6-11(15)14(17(18)19)12(16)7-10/h3-7H,1-2H3. The number of halogens is 2. The molecule has 2 aromatic rings. The van der Waals surface area contributed by atoms with Gasteiger partial charge in [0.1, 0.15) is 10.0 Å². The fourth-order valence-corrected chi connectivity index (χ4v) is 3.53. The van der Waals surface area contributed by atoms with Crippen molar-refractivity contribution in [3.63, 3.8) is 0 Å². The second-order valence-corrected chi connectivity index (χ2v) is 6.29. The largest absolute Gasteiger partial charge is 0.306 e. The molecule has 0 atom stereocenters. The molecule has 2 rings (SSSR count). The maximum atomic E-state index is 10.8. The van der Waals surface area contributed by atoms with E-state index in [0.29, 0.717) is 0 Å². The van der Waals surface area contributed by atoms with Gasteiger partial charge in [-0.25, -0.2) is 0 Å². The van der Waals surface area contributed by atoms with Crippen LogP contribution in [0.2, 0.25) is 10.0 Å². The Morgan fingerprint density at radius 1 is 1.10 bits per heavy atom. The molecule has 104 valence electrons. The fraction of sp³-hybridized carbons (Fsp3) is 0.143. The molecule has 0 heterocycles. The zero-order chi connectivity index (χ0) is 14.9. The Hall–Kier alpha value is -1.23. The average Bonchev–Trinajstić information content (AvgIpc) is 2.31. The lowest BCUT2D eigenvalue weighted by atomic mass is 10.2. The third-order valence-corrected chi connectivity index (χ3v) is 4.46. The summed E-state index contributed by atoms with van der Waals surface area (Å²) in [5, 5.41) is 10.9. The number of benzene rings is 2. The van der Waals surface area contributed by atoms with Gasteiger partial charge in [0.05, 0.1) is 4.92 Å². The molecule has 0 N–H and O–H groups in total. The number of nitrogens with zero attached hydrogens (tertiary/aromatic N) is 1. The fourth-order valence-electron chi connectivity index (χ4n) is 1.82.